The molecule has 4 aromatic rings. The van der Waals surface area contributed by atoms with Gasteiger partial charge in [-0.3, -0.25) is 5.10 Å². The van der Waals surface area contributed by atoms with E-state index in [-0.39, 0.29) is 0 Å². The molecule has 0 atom stereocenters. The molecule has 28 heavy (non-hydrogen) atoms. The van der Waals surface area contributed by atoms with Crippen LogP contribution in [0.2, 0.25) is 0 Å². The van der Waals surface area contributed by atoms with Gasteiger partial charge in [0.1, 0.15) is 23.8 Å². The minimum Gasteiger partial charge on any atom is -0.488 e. The minimum atomic E-state index is 0.470. The summed E-state index contributed by atoms with van der Waals surface area (Å²) >= 11 is 0. The molecule has 4 rings (SSSR count). The summed E-state index contributed by atoms with van der Waals surface area (Å²) < 4.78 is 12.0. The normalized spacial score (nSPS) is 10.2. The van der Waals surface area contributed by atoms with Crippen LogP contribution in [0.15, 0.2) is 85.1 Å². The number of rotatable bonds is 6. The maximum absolute atomic E-state index is 8.92. The summed E-state index contributed by atoms with van der Waals surface area (Å²) in [5.41, 5.74) is 3.27. The highest BCUT2D eigenvalue weighted by Crippen LogP contribution is 2.36. The molecule has 0 aliphatic rings. The first kappa shape index (κ1) is 17.4. The van der Waals surface area contributed by atoms with Gasteiger partial charge < -0.3 is 9.47 Å². The zero-order valence-corrected chi connectivity index (χ0v) is 15.0. The highest BCUT2D eigenvalue weighted by Gasteiger charge is 2.14. The predicted octanol–water partition coefficient (Wildman–Crippen LogP) is 5.32. The molecule has 0 unspecified atom stereocenters. The number of H-pyrrole nitrogens is 1. The highest BCUT2D eigenvalue weighted by molar-refractivity contribution is 5.72. The second-order valence-corrected chi connectivity index (χ2v) is 6.12. The van der Waals surface area contributed by atoms with Crippen molar-refractivity contribution in [3.8, 4) is 34.6 Å². The molecule has 0 saturated carbocycles. The third kappa shape index (κ3) is 3.87. The summed E-state index contributed by atoms with van der Waals surface area (Å²) in [5, 5.41) is 16.0. The first-order valence-electron chi connectivity index (χ1n) is 8.81. The third-order valence-corrected chi connectivity index (χ3v) is 4.21. The largest absolute Gasteiger partial charge is 0.488 e. The molecule has 0 fully saturated rings. The van der Waals surface area contributed by atoms with Crippen molar-refractivity contribution in [2.75, 3.05) is 0 Å². The molecule has 0 bridgehead atoms. The molecule has 0 saturated heterocycles. The Labute approximate surface area is 162 Å². The smallest absolute Gasteiger partial charge is 0.173 e. The number of ether oxygens (including phenoxy) is 2. The van der Waals surface area contributed by atoms with Gasteiger partial charge in [0.15, 0.2) is 5.75 Å². The van der Waals surface area contributed by atoms with E-state index in [4.69, 9.17) is 14.7 Å². The lowest BCUT2D eigenvalue weighted by atomic mass is 10.1. The quantitative estimate of drug-likeness (QED) is 0.501. The number of aromatic nitrogens is 2. The van der Waals surface area contributed by atoms with Gasteiger partial charge in [-0.15, -0.1) is 0 Å². The van der Waals surface area contributed by atoms with Crippen LogP contribution >= 0.6 is 0 Å². The summed E-state index contributed by atoms with van der Waals surface area (Å²) in [7, 11) is 0. The van der Waals surface area contributed by atoms with E-state index in [2.05, 4.69) is 16.3 Å². The molecule has 0 aliphatic heterocycles. The Morgan fingerprint density at radius 1 is 0.857 bits per heavy atom. The predicted molar refractivity (Wildman–Crippen MR) is 106 cm³/mol. The van der Waals surface area contributed by atoms with E-state index in [1.54, 1.807) is 30.5 Å². The Morgan fingerprint density at radius 2 is 1.61 bits per heavy atom. The van der Waals surface area contributed by atoms with Crippen molar-refractivity contribution in [3.63, 3.8) is 0 Å². The van der Waals surface area contributed by atoms with Crippen LogP contribution in [-0.4, -0.2) is 10.2 Å². The third-order valence-electron chi connectivity index (χ3n) is 4.21. The van der Waals surface area contributed by atoms with E-state index >= 15 is 0 Å². The molecule has 1 N–H and O–H groups in total. The van der Waals surface area contributed by atoms with Crippen molar-refractivity contribution in [2.24, 2.45) is 0 Å². The molecular weight excluding hydrogens is 350 g/mol. The maximum Gasteiger partial charge on any atom is 0.173 e. The average molecular weight is 367 g/mol. The first-order chi connectivity index (χ1) is 13.8. The summed E-state index contributed by atoms with van der Waals surface area (Å²) in [4.78, 5) is 0. The number of nitriles is 1. The van der Waals surface area contributed by atoms with E-state index in [1.807, 2.05) is 54.6 Å². The number of benzene rings is 3. The van der Waals surface area contributed by atoms with Crippen molar-refractivity contribution in [1.29, 1.82) is 5.26 Å². The lowest BCUT2D eigenvalue weighted by Gasteiger charge is -2.12. The van der Waals surface area contributed by atoms with Crippen LogP contribution in [0, 0.1) is 11.3 Å². The average Bonchev–Trinajstić information content (AvgIpc) is 3.21. The lowest BCUT2D eigenvalue weighted by molar-refractivity contribution is 0.307. The summed E-state index contributed by atoms with van der Waals surface area (Å²) in [5.74, 6) is 1.95. The molecule has 5 nitrogen and oxygen atoms in total. The number of hydrogen-bond acceptors (Lipinski definition) is 4. The Morgan fingerprint density at radius 3 is 2.39 bits per heavy atom. The van der Waals surface area contributed by atoms with Crippen LogP contribution in [0.3, 0.4) is 0 Å². The van der Waals surface area contributed by atoms with Gasteiger partial charge in [-0.05, 0) is 42.0 Å². The fourth-order valence-electron chi connectivity index (χ4n) is 2.80. The molecule has 3 aromatic carbocycles. The van der Waals surface area contributed by atoms with Gasteiger partial charge in [-0.25, -0.2) is 0 Å². The van der Waals surface area contributed by atoms with Crippen molar-refractivity contribution in [3.05, 3.63) is 96.2 Å². The molecule has 0 spiro atoms. The van der Waals surface area contributed by atoms with E-state index in [1.165, 1.54) is 0 Å². The monoisotopic (exact) mass is 367 g/mol. The Kier molecular flexibility index (Phi) is 5.03. The Hall–Kier alpha value is -4.04. The van der Waals surface area contributed by atoms with Gasteiger partial charge in [0, 0.05) is 5.56 Å². The second kappa shape index (κ2) is 8.11. The second-order valence-electron chi connectivity index (χ2n) is 6.12. The molecule has 0 aliphatic carbocycles. The molecule has 0 radical (unpaired) electrons. The van der Waals surface area contributed by atoms with Crippen LogP contribution in [0.4, 0.5) is 0 Å². The summed E-state index contributed by atoms with van der Waals surface area (Å²) in [6.45, 7) is 0.470. The standard InChI is InChI=1S/C23H17N3O2/c24-14-17-10-12-19(13-11-17)28-22-15-25-26-23(22)20-8-4-5-9-21(20)27-16-18-6-2-1-3-7-18/h1-13,15H,16H2,(H,25,26). The topological polar surface area (TPSA) is 70.9 Å². The van der Waals surface area contributed by atoms with Gasteiger partial charge in [0.25, 0.3) is 0 Å². The fraction of sp³-hybridized carbons (Fsp3) is 0.0435. The number of nitrogens with one attached hydrogen (secondary N) is 1. The number of nitrogens with zero attached hydrogens (tertiary/aromatic N) is 2. The first-order valence-corrected chi connectivity index (χ1v) is 8.81. The van der Waals surface area contributed by atoms with Crippen LogP contribution in [0.1, 0.15) is 11.1 Å². The van der Waals surface area contributed by atoms with E-state index in [0.29, 0.717) is 23.7 Å². The van der Waals surface area contributed by atoms with Gasteiger partial charge in [0.05, 0.1) is 17.8 Å². The maximum atomic E-state index is 8.92. The van der Waals surface area contributed by atoms with Crippen LogP contribution in [-0.2, 0) is 6.61 Å². The fourth-order valence-corrected chi connectivity index (χ4v) is 2.80. The summed E-state index contributed by atoms with van der Waals surface area (Å²) in [6, 6.07) is 26.8. The van der Waals surface area contributed by atoms with E-state index < -0.39 is 0 Å². The van der Waals surface area contributed by atoms with E-state index in [0.717, 1.165) is 22.6 Å². The van der Waals surface area contributed by atoms with Crippen molar-refractivity contribution < 1.29 is 9.47 Å². The number of para-hydroxylation sites is 1. The van der Waals surface area contributed by atoms with Crippen molar-refractivity contribution in [2.45, 2.75) is 6.61 Å². The molecule has 1 heterocycles. The molecule has 0 amide bonds. The highest BCUT2D eigenvalue weighted by atomic mass is 16.5. The van der Waals surface area contributed by atoms with Gasteiger partial charge >= 0.3 is 0 Å². The Balaban J connectivity index is 1.58. The zero-order chi connectivity index (χ0) is 19.2. The lowest BCUT2D eigenvalue weighted by Crippen LogP contribution is -1.97. The zero-order valence-electron chi connectivity index (χ0n) is 15.0. The molecule has 5 heteroatoms. The van der Waals surface area contributed by atoms with Gasteiger partial charge in [-0.2, -0.15) is 10.4 Å². The van der Waals surface area contributed by atoms with Crippen LogP contribution in [0.5, 0.6) is 17.2 Å². The van der Waals surface area contributed by atoms with Crippen LogP contribution in [0.25, 0.3) is 11.3 Å². The van der Waals surface area contributed by atoms with Crippen LogP contribution < -0.4 is 9.47 Å². The van der Waals surface area contributed by atoms with Gasteiger partial charge in [0.2, 0.25) is 0 Å². The van der Waals surface area contributed by atoms with Gasteiger partial charge in [-0.1, -0.05) is 42.5 Å². The SMILES string of the molecule is N#Cc1ccc(Oc2cn[nH]c2-c2ccccc2OCc2ccccc2)cc1. The summed E-state index contributed by atoms with van der Waals surface area (Å²) in [6.07, 6.45) is 1.63. The van der Waals surface area contributed by atoms with Crippen molar-refractivity contribution in [1.82, 2.24) is 10.2 Å². The van der Waals surface area contributed by atoms with Crippen molar-refractivity contribution >= 4 is 0 Å². The number of aromatic amines is 1. The minimum absolute atomic E-state index is 0.470. The molecule has 136 valence electrons. The molecule has 1 aromatic heterocycles. The Bertz CT molecular complexity index is 1100. The van der Waals surface area contributed by atoms with E-state index in [9.17, 15) is 0 Å². The molecular formula is C23H17N3O2. The number of hydrogen-bond donors (Lipinski definition) is 1.